The van der Waals surface area contributed by atoms with E-state index in [4.69, 9.17) is 16.2 Å². The normalized spacial score (nSPS) is 10.2. The van der Waals surface area contributed by atoms with Crippen LogP contribution in [0.2, 0.25) is 0 Å². The van der Waals surface area contributed by atoms with E-state index in [9.17, 15) is 9.59 Å². The average Bonchev–Trinajstić information content (AvgIpc) is 2.74. The van der Waals surface area contributed by atoms with Crippen LogP contribution >= 0.6 is 0 Å². The summed E-state index contributed by atoms with van der Waals surface area (Å²) < 4.78 is 5.30. The van der Waals surface area contributed by atoms with Crippen LogP contribution in [0.4, 0.5) is 10.6 Å². The number of aromatic nitrogens is 1. The maximum absolute atomic E-state index is 11.6. The summed E-state index contributed by atoms with van der Waals surface area (Å²) in [7, 11) is 1.55. The molecule has 2 aromatic rings. The van der Waals surface area contributed by atoms with Crippen molar-refractivity contribution in [2.75, 3.05) is 12.4 Å². The molecule has 0 atom stereocenters. The van der Waals surface area contributed by atoms with E-state index < -0.39 is 11.9 Å². The van der Waals surface area contributed by atoms with Crippen molar-refractivity contribution in [3.05, 3.63) is 35.4 Å². The van der Waals surface area contributed by atoms with Crippen LogP contribution in [0, 0.1) is 6.92 Å². The lowest BCUT2D eigenvalue weighted by Crippen LogP contribution is -2.22. The molecule has 1 aromatic heterocycles. The first-order valence-electron chi connectivity index (χ1n) is 6.18. The topological polar surface area (TPSA) is 123 Å². The number of methoxy groups -OCH3 is 1. The number of nitrogens with one attached hydrogen (secondary N) is 2. The molecule has 1 aromatic carbocycles. The Hall–Kier alpha value is -2.96. The molecule has 0 spiro atoms. The van der Waals surface area contributed by atoms with E-state index in [1.807, 2.05) is 18.2 Å². The Morgan fingerprint density at radius 3 is 2.48 bits per heavy atom. The number of rotatable bonds is 4. The van der Waals surface area contributed by atoms with Gasteiger partial charge in [0.25, 0.3) is 5.91 Å². The SMILES string of the molecule is COc1ccccc1-c1[nH]c(NC(N)=O)c(C(N)=O)c1C. The minimum absolute atomic E-state index is 0.174. The molecule has 0 aliphatic rings. The molecule has 0 aliphatic carbocycles. The van der Waals surface area contributed by atoms with Gasteiger partial charge in [0.1, 0.15) is 11.6 Å². The predicted molar refractivity (Wildman–Crippen MR) is 79.2 cm³/mol. The lowest BCUT2D eigenvalue weighted by atomic mass is 10.0. The molecule has 0 radical (unpaired) electrons. The minimum atomic E-state index is -0.787. The van der Waals surface area contributed by atoms with Crippen LogP contribution in [0.25, 0.3) is 11.3 Å². The molecule has 0 bridgehead atoms. The molecule has 0 fully saturated rings. The molecule has 0 aliphatic heterocycles. The minimum Gasteiger partial charge on any atom is -0.496 e. The highest BCUT2D eigenvalue weighted by Crippen LogP contribution is 2.35. The highest BCUT2D eigenvalue weighted by Gasteiger charge is 2.21. The number of hydrogen-bond donors (Lipinski definition) is 4. The van der Waals surface area contributed by atoms with Crippen LogP contribution in [-0.4, -0.2) is 24.0 Å². The first-order chi connectivity index (χ1) is 9.95. The number of ether oxygens (including phenoxy) is 1. The smallest absolute Gasteiger partial charge is 0.317 e. The van der Waals surface area contributed by atoms with Gasteiger partial charge >= 0.3 is 6.03 Å². The number of urea groups is 1. The monoisotopic (exact) mass is 288 g/mol. The van der Waals surface area contributed by atoms with Gasteiger partial charge in [0.15, 0.2) is 0 Å². The van der Waals surface area contributed by atoms with Crippen molar-refractivity contribution in [2.24, 2.45) is 11.5 Å². The summed E-state index contributed by atoms with van der Waals surface area (Å²) in [6.45, 7) is 1.73. The Kier molecular flexibility index (Phi) is 3.84. The summed E-state index contributed by atoms with van der Waals surface area (Å²) in [4.78, 5) is 25.6. The Labute approximate surface area is 121 Å². The third kappa shape index (κ3) is 2.66. The van der Waals surface area contributed by atoms with E-state index in [1.165, 1.54) is 0 Å². The van der Waals surface area contributed by atoms with E-state index in [-0.39, 0.29) is 11.4 Å². The van der Waals surface area contributed by atoms with Crippen LogP contribution in [0.3, 0.4) is 0 Å². The predicted octanol–water partition coefficient (Wildman–Crippen LogP) is 1.59. The zero-order valence-electron chi connectivity index (χ0n) is 11.7. The fraction of sp³-hybridized carbons (Fsp3) is 0.143. The van der Waals surface area contributed by atoms with E-state index in [0.29, 0.717) is 17.0 Å². The van der Waals surface area contributed by atoms with Gasteiger partial charge in [0.05, 0.1) is 18.4 Å². The zero-order valence-corrected chi connectivity index (χ0v) is 11.7. The van der Waals surface area contributed by atoms with E-state index in [1.54, 1.807) is 20.1 Å². The summed E-state index contributed by atoms with van der Waals surface area (Å²) >= 11 is 0. The molecule has 21 heavy (non-hydrogen) atoms. The highest BCUT2D eigenvalue weighted by atomic mass is 16.5. The lowest BCUT2D eigenvalue weighted by molar-refractivity contribution is 0.100. The summed E-state index contributed by atoms with van der Waals surface area (Å²) in [5, 5.41) is 2.36. The molecular weight excluding hydrogens is 272 g/mol. The Morgan fingerprint density at radius 1 is 1.24 bits per heavy atom. The van der Waals surface area contributed by atoms with Crippen molar-refractivity contribution < 1.29 is 14.3 Å². The third-order valence-corrected chi connectivity index (χ3v) is 3.12. The molecule has 7 heteroatoms. The lowest BCUT2D eigenvalue weighted by Gasteiger charge is -2.07. The molecule has 0 saturated heterocycles. The second-order valence-corrected chi connectivity index (χ2v) is 4.43. The van der Waals surface area contributed by atoms with Gasteiger partial charge in [0, 0.05) is 5.56 Å². The number of aromatic amines is 1. The standard InChI is InChI=1S/C14H16N4O3/c1-7-10(12(15)19)13(18-14(16)20)17-11(7)8-5-3-4-6-9(8)21-2/h3-6,17H,1-2H3,(H2,15,19)(H3,16,18,20). The molecule has 2 rings (SSSR count). The van der Waals surface area contributed by atoms with Crippen molar-refractivity contribution in [1.82, 2.24) is 4.98 Å². The number of anilines is 1. The molecule has 1 heterocycles. The molecule has 3 amide bonds. The van der Waals surface area contributed by atoms with Gasteiger partial charge in [0.2, 0.25) is 0 Å². The number of nitrogens with two attached hydrogens (primary N) is 2. The van der Waals surface area contributed by atoms with E-state index in [0.717, 1.165) is 5.56 Å². The van der Waals surface area contributed by atoms with Crippen molar-refractivity contribution in [1.29, 1.82) is 0 Å². The first-order valence-corrected chi connectivity index (χ1v) is 6.18. The fourth-order valence-corrected chi connectivity index (χ4v) is 2.24. The third-order valence-electron chi connectivity index (χ3n) is 3.12. The Bertz CT molecular complexity index is 706. The van der Waals surface area contributed by atoms with Crippen molar-refractivity contribution in [3.8, 4) is 17.0 Å². The summed E-state index contributed by atoms with van der Waals surface area (Å²) in [6, 6.07) is 6.50. The van der Waals surface area contributed by atoms with Gasteiger partial charge in [-0.15, -0.1) is 0 Å². The van der Waals surface area contributed by atoms with E-state index >= 15 is 0 Å². The highest BCUT2D eigenvalue weighted by molar-refractivity contribution is 6.04. The van der Waals surface area contributed by atoms with Crippen molar-refractivity contribution in [2.45, 2.75) is 6.92 Å². The second-order valence-electron chi connectivity index (χ2n) is 4.43. The van der Waals surface area contributed by atoms with E-state index in [2.05, 4.69) is 10.3 Å². The second kappa shape index (κ2) is 5.58. The number of carbonyl (C=O) groups excluding carboxylic acids is 2. The van der Waals surface area contributed by atoms with Crippen molar-refractivity contribution >= 4 is 17.8 Å². The fourth-order valence-electron chi connectivity index (χ4n) is 2.24. The van der Waals surface area contributed by atoms with Gasteiger partial charge in [-0.25, -0.2) is 4.79 Å². The Balaban J connectivity index is 2.65. The number of carbonyl (C=O) groups is 2. The first kappa shape index (κ1) is 14.4. The quantitative estimate of drug-likeness (QED) is 0.683. The van der Waals surface area contributed by atoms with Crippen LogP contribution in [-0.2, 0) is 0 Å². The van der Waals surface area contributed by atoms with Gasteiger partial charge < -0.3 is 21.2 Å². The molecular formula is C14H16N4O3. The number of para-hydroxylation sites is 1. The average molecular weight is 288 g/mol. The van der Waals surface area contributed by atoms with Crippen LogP contribution in [0.1, 0.15) is 15.9 Å². The number of hydrogen-bond acceptors (Lipinski definition) is 3. The molecule has 7 nitrogen and oxygen atoms in total. The maximum Gasteiger partial charge on any atom is 0.317 e. The molecule has 0 saturated carbocycles. The van der Waals surface area contributed by atoms with Gasteiger partial charge in [-0.05, 0) is 24.6 Å². The Morgan fingerprint density at radius 2 is 1.90 bits per heavy atom. The summed E-state index contributed by atoms with van der Waals surface area (Å²) in [5.74, 6) is 0.144. The number of primary amides is 2. The van der Waals surface area contributed by atoms with Crippen LogP contribution < -0.4 is 21.5 Å². The number of benzene rings is 1. The number of H-pyrrole nitrogens is 1. The van der Waals surface area contributed by atoms with Gasteiger partial charge in [-0.3, -0.25) is 10.1 Å². The van der Waals surface area contributed by atoms with Crippen molar-refractivity contribution in [3.63, 3.8) is 0 Å². The van der Waals surface area contributed by atoms with Crippen LogP contribution in [0.5, 0.6) is 5.75 Å². The zero-order chi connectivity index (χ0) is 15.6. The molecule has 110 valence electrons. The van der Waals surface area contributed by atoms with Gasteiger partial charge in [-0.2, -0.15) is 0 Å². The molecule has 0 unspecified atom stereocenters. The molecule has 6 N–H and O–H groups in total. The number of amides is 3. The maximum atomic E-state index is 11.6. The summed E-state index contributed by atoms with van der Waals surface area (Å²) in [6.07, 6.45) is 0. The summed E-state index contributed by atoms with van der Waals surface area (Å²) in [5.41, 5.74) is 12.6. The largest absolute Gasteiger partial charge is 0.496 e. The van der Waals surface area contributed by atoms with Gasteiger partial charge in [-0.1, -0.05) is 12.1 Å². The van der Waals surface area contributed by atoms with Crippen LogP contribution in [0.15, 0.2) is 24.3 Å².